The van der Waals surface area contributed by atoms with Gasteiger partial charge in [0.2, 0.25) is 11.0 Å². The van der Waals surface area contributed by atoms with Crippen molar-refractivity contribution in [2.45, 2.75) is 33.6 Å². The third kappa shape index (κ3) is 4.55. The number of nitrogens with zero attached hydrogens (tertiary/aromatic N) is 3. The monoisotopic (exact) mass is 448 g/mol. The molecule has 0 aliphatic carbocycles. The third-order valence-corrected chi connectivity index (χ3v) is 6.27. The standard InChI is InChI=1S/C24H24N4O3S/c1-14-5-6-17(11-15(14)2)20(29)9-10-23(30)26-22-12-16(3)27-28(22)24-25-19-8-7-18(31-4)13-21(19)32-24/h5-8,11-13H,9-10H2,1-4H3,(H,26,30). The molecule has 0 saturated heterocycles. The van der Waals surface area contributed by atoms with E-state index in [-0.39, 0.29) is 24.5 Å². The second kappa shape index (κ2) is 8.92. The predicted molar refractivity (Wildman–Crippen MR) is 126 cm³/mol. The summed E-state index contributed by atoms with van der Waals surface area (Å²) in [5.41, 5.74) is 4.41. The minimum atomic E-state index is -0.244. The van der Waals surface area contributed by atoms with Gasteiger partial charge in [-0.15, -0.1) is 0 Å². The summed E-state index contributed by atoms with van der Waals surface area (Å²) in [6.07, 6.45) is 0.232. The van der Waals surface area contributed by atoms with Crippen LogP contribution < -0.4 is 10.1 Å². The molecule has 2 heterocycles. The summed E-state index contributed by atoms with van der Waals surface area (Å²) in [4.78, 5) is 29.7. The molecule has 2 aromatic carbocycles. The van der Waals surface area contributed by atoms with Crippen LogP contribution in [0.2, 0.25) is 0 Å². The molecule has 2 aromatic heterocycles. The number of ether oxygens (including phenoxy) is 1. The normalized spacial score (nSPS) is 11.0. The largest absolute Gasteiger partial charge is 0.497 e. The fourth-order valence-electron chi connectivity index (χ4n) is 3.34. The van der Waals surface area contributed by atoms with E-state index in [9.17, 15) is 9.59 Å². The Bertz CT molecular complexity index is 1320. The Morgan fingerprint density at radius 1 is 1.03 bits per heavy atom. The molecule has 164 valence electrons. The number of rotatable bonds is 7. The SMILES string of the molecule is COc1ccc2nc(-n3nc(C)cc3NC(=O)CCC(=O)c3ccc(C)c(C)c3)sc2c1. The molecule has 32 heavy (non-hydrogen) atoms. The number of carbonyl (C=O) groups excluding carboxylic acids is 2. The molecule has 0 bridgehead atoms. The van der Waals surface area contributed by atoms with Crippen molar-refractivity contribution in [2.24, 2.45) is 0 Å². The van der Waals surface area contributed by atoms with Crippen LogP contribution in [0.5, 0.6) is 5.75 Å². The Kier molecular flexibility index (Phi) is 6.05. The smallest absolute Gasteiger partial charge is 0.225 e. The molecule has 1 amide bonds. The van der Waals surface area contributed by atoms with E-state index < -0.39 is 0 Å². The minimum absolute atomic E-state index is 0.0481. The van der Waals surface area contributed by atoms with Gasteiger partial charge in [-0.05, 0) is 56.2 Å². The number of hydrogen-bond acceptors (Lipinski definition) is 6. The van der Waals surface area contributed by atoms with Gasteiger partial charge in [-0.25, -0.2) is 4.98 Å². The van der Waals surface area contributed by atoms with E-state index in [1.165, 1.54) is 11.3 Å². The van der Waals surface area contributed by atoms with Crippen LogP contribution in [0.1, 0.15) is 40.0 Å². The molecular formula is C24H24N4O3S. The molecule has 4 rings (SSSR count). The van der Waals surface area contributed by atoms with Gasteiger partial charge in [0.25, 0.3) is 0 Å². The molecule has 0 atom stereocenters. The average Bonchev–Trinajstić information content (AvgIpc) is 3.35. The first kappa shape index (κ1) is 21.7. The zero-order valence-corrected chi connectivity index (χ0v) is 19.2. The van der Waals surface area contributed by atoms with Crippen LogP contribution in [0.4, 0.5) is 5.82 Å². The summed E-state index contributed by atoms with van der Waals surface area (Å²) in [6.45, 7) is 5.83. The Labute approximate surface area is 190 Å². The molecule has 0 aliphatic heterocycles. The number of amides is 1. The highest BCUT2D eigenvalue weighted by molar-refractivity contribution is 7.20. The number of benzene rings is 2. The lowest BCUT2D eigenvalue weighted by Crippen LogP contribution is -2.16. The second-order valence-corrected chi connectivity index (χ2v) is 8.69. The summed E-state index contributed by atoms with van der Waals surface area (Å²) in [6, 6.07) is 13.1. The number of thiazole rings is 1. The van der Waals surface area contributed by atoms with Crippen LogP contribution in [0.25, 0.3) is 15.3 Å². The second-order valence-electron chi connectivity index (χ2n) is 7.68. The molecule has 0 aliphatic rings. The average molecular weight is 449 g/mol. The van der Waals surface area contributed by atoms with E-state index >= 15 is 0 Å². The molecular weight excluding hydrogens is 424 g/mol. The zero-order valence-electron chi connectivity index (χ0n) is 18.4. The van der Waals surface area contributed by atoms with E-state index in [1.807, 2.05) is 57.2 Å². The molecule has 8 heteroatoms. The number of Topliss-reactive ketones (excluding diaryl/α,β-unsaturated/α-hetero) is 1. The van der Waals surface area contributed by atoms with Crippen LogP contribution in [0.15, 0.2) is 42.5 Å². The Morgan fingerprint density at radius 2 is 1.84 bits per heavy atom. The summed E-state index contributed by atoms with van der Waals surface area (Å²) < 4.78 is 7.86. The van der Waals surface area contributed by atoms with Crippen molar-refractivity contribution in [3.8, 4) is 10.9 Å². The lowest BCUT2D eigenvalue weighted by molar-refractivity contribution is -0.116. The van der Waals surface area contributed by atoms with Gasteiger partial charge in [-0.1, -0.05) is 23.5 Å². The number of carbonyl (C=O) groups is 2. The summed E-state index contributed by atoms with van der Waals surface area (Å²) in [5, 5.41) is 8.00. The summed E-state index contributed by atoms with van der Waals surface area (Å²) in [5.74, 6) is 0.989. The van der Waals surface area contributed by atoms with Gasteiger partial charge in [0.1, 0.15) is 11.6 Å². The van der Waals surface area contributed by atoms with E-state index in [0.29, 0.717) is 16.5 Å². The number of methoxy groups -OCH3 is 1. The van der Waals surface area contributed by atoms with Gasteiger partial charge in [0.15, 0.2) is 5.78 Å². The van der Waals surface area contributed by atoms with Gasteiger partial charge >= 0.3 is 0 Å². The third-order valence-electron chi connectivity index (χ3n) is 5.27. The number of nitrogens with one attached hydrogen (secondary N) is 1. The lowest BCUT2D eigenvalue weighted by atomic mass is 10.0. The van der Waals surface area contributed by atoms with Crippen molar-refractivity contribution in [2.75, 3.05) is 12.4 Å². The Balaban J connectivity index is 1.47. The Hall–Kier alpha value is -3.52. The van der Waals surface area contributed by atoms with E-state index in [2.05, 4.69) is 15.4 Å². The quantitative estimate of drug-likeness (QED) is 0.401. The first-order valence-electron chi connectivity index (χ1n) is 10.3. The molecule has 0 saturated carbocycles. The van der Waals surface area contributed by atoms with Crippen LogP contribution in [-0.2, 0) is 4.79 Å². The van der Waals surface area contributed by atoms with Crippen LogP contribution >= 0.6 is 11.3 Å². The van der Waals surface area contributed by atoms with Crippen molar-refractivity contribution in [1.82, 2.24) is 14.8 Å². The number of ketones is 1. The topological polar surface area (TPSA) is 86.1 Å². The number of hydrogen-bond donors (Lipinski definition) is 1. The van der Waals surface area contributed by atoms with Crippen LogP contribution in [0.3, 0.4) is 0 Å². The molecule has 7 nitrogen and oxygen atoms in total. The number of fused-ring (bicyclic) bond motifs is 1. The van der Waals surface area contributed by atoms with E-state index in [0.717, 1.165) is 32.8 Å². The van der Waals surface area contributed by atoms with Crippen LogP contribution in [-0.4, -0.2) is 33.6 Å². The molecule has 1 N–H and O–H groups in total. The molecule has 0 spiro atoms. The van der Waals surface area contributed by atoms with Crippen molar-refractivity contribution < 1.29 is 14.3 Å². The zero-order chi connectivity index (χ0) is 22.8. The van der Waals surface area contributed by atoms with Gasteiger partial charge in [0.05, 0.1) is 23.0 Å². The lowest BCUT2D eigenvalue weighted by Gasteiger charge is -2.07. The molecule has 0 unspecified atom stereocenters. The molecule has 0 radical (unpaired) electrons. The van der Waals surface area contributed by atoms with Crippen LogP contribution in [0, 0.1) is 20.8 Å². The maximum absolute atomic E-state index is 12.6. The number of anilines is 1. The maximum Gasteiger partial charge on any atom is 0.225 e. The number of aryl methyl sites for hydroxylation is 3. The van der Waals surface area contributed by atoms with Crippen molar-refractivity contribution in [3.05, 3.63) is 64.8 Å². The number of aromatic nitrogens is 3. The summed E-state index contributed by atoms with van der Waals surface area (Å²) in [7, 11) is 1.62. The van der Waals surface area contributed by atoms with Gasteiger partial charge in [-0.3, -0.25) is 9.59 Å². The highest BCUT2D eigenvalue weighted by atomic mass is 32.1. The maximum atomic E-state index is 12.6. The van der Waals surface area contributed by atoms with Crippen molar-refractivity contribution in [3.63, 3.8) is 0 Å². The van der Waals surface area contributed by atoms with E-state index in [4.69, 9.17) is 4.74 Å². The first-order chi connectivity index (χ1) is 15.3. The van der Waals surface area contributed by atoms with Crippen molar-refractivity contribution >= 4 is 39.1 Å². The fourth-order valence-corrected chi connectivity index (χ4v) is 4.30. The highest BCUT2D eigenvalue weighted by Gasteiger charge is 2.16. The minimum Gasteiger partial charge on any atom is -0.497 e. The predicted octanol–water partition coefficient (Wildman–Crippen LogP) is 5.02. The van der Waals surface area contributed by atoms with E-state index in [1.54, 1.807) is 17.9 Å². The van der Waals surface area contributed by atoms with Gasteiger partial charge < -0.3 is 10.1 Å². The Morgan fingerprint density at radius 3 is 2.59 bits per heavy atom. The van der Waals surface area contributed by atoms with Gasteiger partial charge in [-0.2, -0.15) is 9.78 Å². The molecule has 4 aromatic rings. The fraction of sp³-hybridized carbons (Fsp3) is 0.250. The van der Waals surface area contributed by atoms with Gasteiger partial charge in [0, 0.05) is 24.5 Å². The summed E-state index contributed by atoms with van der Waals surface area (Å²) >= 11 is 1.46. The highest BCUT2D eigenvalue weighted by Crippen LogP contribution is 2.30. The van der Waals surface area contributed by atoms with Crippen molar-refractivity contribution in [1.29, 1.82) is 0 Å². The molecule has 0 fully saturated rings. The first-order valence-corrected chi connectivity index (χ1v) is 11.1.